The molecule has 12 nitrogen and oxygen atoms in total. The molecule has 0 spiro atoms. The SMILES string of the molecule is CO[Si](C)(C)CCCn1c(=O)n(CCC[Si](C)(OC)OC)c(=O)n(CCC[Si](OC)(OC)OC)c1=O. The number of hydrogen-bond acceptors (Lipinski definition) is 9. The summed E-state index contributed by atoms with van der Waals surface area (Å²) in [5.74, 6) is 0. The fourth-order valence-electron chi connectivity index (χ4n) is 3.88. The number of nitrogens with zero attached hydrogens (tertiary/aromatic N) is 3. The first-order valence-corrected chi connectivity index (χ1v) is 19.7. The standard InChI is InChI=1S/C21H45N3O9Si3/c1-28-34(7,8)16-10-13-22-19(25)23(14-11-17-35(9,29-2)30-3)21(27)24(20(22)26)15-12-18-36(31-4,32-5)33-6/h10-18H2,1-9H3. The van der Waals surface area contributed by atoms with E-state index in [9.17, 15) is 14.4 Å². The van der Waals surface area contributed by atoms with Gasteiger partial charge < -0.3 is 26.6 Å². The average Bonchev–Trinajstić information content (AvgIpc) is 2.88. The van der Waals surface area contributed by atoms with Crippen LogP contribution in [0, 0.1) is 0 Å². The van der Waals surface area contributed by atoms with E-state index in [-0.39, 0.29) is 19.6 Å². The molecular formula is C21H45N3O9Si3. The quantitative estimate of drug-likeness (QED) is 0.243. The van der Waals surface area contributed by atoms with Gasteiger partial charge in [0.15, 0.2) is 8.32 Å². The van der Waals surface area contributed by atoms with Crippen LogP contribution in [0.2, 0.25) is 37.8 Å². The van der Waals surface area contributed by atoms with Crippen LogP contribution in [-0.4, -0.2) is 82.0 Å². The van der Waals surface area contributed by atoms with Gasteiger partial charge in [-0.25, -0.2) is 28.1 Å². The molecule has 0 N–H and O–H groups in total. The Morgan fingerprint density at radius 1 is 0.528 bits per heavy atom. The van der Waals surface area contributed by atoms with Crippen LogP contribution in [0.1, 0.15) is 19.3 Å². The highest BCUT2D eigenvalue weighted by Gasteiger charge is 2.37. The van der Waals surface area contributed by atoms with E-state index in [0.29, 0.717) is 31.4 Å². The van der Waals surface area contributed by atoms with E-state index in [2.05, 4.69) is 13.1 Å². The third kappa shape index (κ3) is 8.70. The van der Waals surface area contributed by atoms with Gasteiger partial charge in [0.05, 0.1) is 0 Å². The second-order valence-corrected chi connectivity index (χ2v) is 20.5. The maximum absolute atomic E-state index is 13.3. The number of rotatable bonds is 18. The first-order chi connectivity index (χ1) is 16.9. The van der Waals surface area contributed by atoms with Crippen molar-refractivity contribution in [1.29, 1.82) is 0 Å². The van der Waals surface area contributed by atoms with Gasteiger partial charge in [-0.15, -0.1) is 0 Å². The van der Waals surface area contributed by atoms with E-state index >= 15 is 0 Å². The van der Waals surface area contributed by atoms with E-state index in [1.54, 1.807) is 21.3 Å². The Bertz CT molecular complexity index is 977. The molecule has 0 aliphatic carbocycles. The summed E-state index contributed by atoms with van der Waals surface area (Å²) in [6.45, 7) is 6.58. The number of aromatic nitrogens is 3. The molecule has 0 aliphatic heterocycles. The highest BCUT2D eigenvalue weighted by molar-refractivity contribution is 6.71. The first kappa shape index (κ1) is 32.8. The Balaban J connectivity index is 3.31. The molecule has 210 valence electrons. The lowest BCUT2D eigenvalue weighted by molar-refractivity contribution is 0.122. The highest BCUT2D eigenvalue weighted by Crippen LogP contribution is 2.16. The van der Waals surface area contributed by atoms with Crippen LogP contribution in [0.15, 0.2) is 14.4 Å². The van der Waals surface area contributed by atoms with Gasteiger partial charge >= 0.3 is 34.4 Å². The van der Waals surface area contributed by atoms with Gasteiger partial charge in [-0.3, -0.25) is 0 Å². The summed E-state index contributed by atoms with van der Waals surface area (Å²) in [7, 11) is 2.34. The van der Waals surface area contributed by atoms with E-state index in [1.807, 2.05) is 6.55 Å². The molecule has 1 rings (SSSR count). The van der Waals surface area contributed by atoms with Gasteiger partial charge in [-0.2, -0.15) is 0 Å². The van der Waals surface area contributed by atoms with Crippen LogP contribution < -0.4 is 17.1 Å². The molecule has 1 aromatic heterocycles. The monoisotopic (exact) mass is 567 g/mol. The molecule has 15 heteroatoms. The summed E-state index contributed by atoms with van der Waals surface area (Å²) in [5.41, 5.74) is -1.82. The smallest absolute Gasteiger partial charge is 0.420 e. The zero-order valence-corrected chi connectivity index (χ0v) is 26.4. The lowest BCUT2D eigenvalue weighted by Gasteiger charge is -2.24. The van der Waals surface area contributed by atoms with Gasteiger partial charge in [0.2, 0.25) is 0 Å². The first-order valence-electron chi connectivity index (χ1n) is 12.1. The van der Waals surface area contributed by atoms with Crippen molar-refractivity contribution in [3.8, 4) is 0 Å². The number of hydrogen-bond donors (Lipinski definition) is 0. The minimum Gasteiger partial charge on any atom is -0.420 e. The summed E-state index contributed by atoms with van der Waals surface area (Å²) in [5, 5.41) is 0. The van der Waals surface area contributed by atoms with Crippen LogP contribution >= 0.6 is 0 Å². The second-order valence-electron chi connectivity index (χ2n) is 9.41. The molecular weight excluding hydrogens is 523 g/mol. The van der Waals surface area contributed by atoms with Crippen molar-refractivity contribution < 1.29 is 26.6 Å². The maximum Gasteiger partial charge on any atom is 0.500 e. The van der Waals surface area contributed by atoms with Gasteiger partial charge in [0.1, 0.15) is 0 Å². The summed E-state index contributed by atoms with van der Waals surface area (Å²) in [6, 6.07) is 1.80. The molecule has 0 atom stereocenters. The highest BCUT2D eigenvalue weighted by atomic mass is 28.4. The maximum atomic E-state index is 13.3. The predicted molar refractivity (Wildman–Crippen MR) is 144 cm³/mol. The Morgan fingerprint density at radius 2 is 0.889 bits per heavy atom. The van der Waals surface area contributed by atoms with E-state index < -0.39 is 42.8 Å². The van der Waals surface area contributed by atoms with Crippen molar-refractivity contribution in [2.75, 3.05) is 42.7 Å². The second kappa shape index (κ2) is 14.7. The van der Waals surface area contributed by atoms with Crippen molar-refractivity contribution in [1.82, 2.24) is 13.7 Å². The van der Waals surface area contributed by atoms with Crippen LogP contribution in [0.3, 0.4) is 0 Å². The molecule has 0 fully saturated rings. The van der Waals surface area contributed by atoms with E-state index in [1.165, 1.54) is 25.9 Å². The minimum absolute atomic E-state index is 0.115. The molecule has 0 saturated heterocycles. The zero-order chi connectivity index (χ0) is 27.6. The summed E-state index contributed by atoms with van der Waals surface area (Å²) >= 11 is 0. The van der Waals surface area contributed by atoms with Gasteiger partial charge in [-0.1, -0.05) is 0 Å². The molecule has 36 heavy (non-hydrogen) atoms. The third-order valence-electron chi connectivity index (χ3n) is 6.77. The molecule has 0 amide bonds. The van der Waals surface area contributed by atoms with Gasteiger partial charge in [0, 0.05) is 68.3 Å². The Labute approximate surface area is 216 Å². The van der Waals surface area contributed by atoms with Crippen molar-refractivity contribution >= 4 is 25.7 Å². The van der Waals surface area contributed by atoms with Gasteiger partial charge in [0.25, 0.3) is 0 Å². The van der Waals surface area contributed by atoms with Crippen LogP contribution in [-0.2, 0) is 46.2 Å². The average molecular weight is 568 g/mol. The largest absolute Gasteiger partial charge is 0.500 e. The Hall–Kier alpha value is -1.18. The van der Waals surface area contributed by atoms with E-state index in [0.717, 1.165) is 15.2 Å². The lowest BCUT2D eigenvalue weighted by Crippen LogP contribution is -2.55. The summed E-state index contributed by atoms with van der Waals surface area (Å²) in [4.78, 5) is 39.8. The zero-order valence-electron chi connectivity index (χ0n) is 23.4. The molecule has 0 unspecified atom stereocenters. The normalized spacial score (nSPS) is 12.9. The molecule has 0 radical (unpaired) electrons. The molecule has 1 heterocycles. The summed E-state index contributed by atoms with van der Waals surface area (Å²) in [6.07, 6.45) is 1.53. The minimum atomic E-state index is -2.87. The third-order valence-corrected chi connectivity index (χ3v) is 15.3. The fraction of sp³-hybridized carbons (Fsp3) is 0.857. The molecule has 0 saturated carbocycles. The van der Waals surface area contributed by atoms with Crippen molar-refractivity contribution in [3.05, 3.63) is 31.5 Å². The van der Waals surface area contributed by atoms with Crippen LogP contribution in [0.25, 0.3) is 0 Å². The van der Waals surface area contributed by atoms with Crippen molar-refractivity contribution in [2.24, 2.45) is 0 Å². The lowest BCUT2D eigenvalue weighted by atomic mass is 10.4. The Morgan fingerprint density at radius 3 is 1.22 bits per heavy atom. The van der Waals surface area contributed by atoms with E-state index in [4.69, 9.17) is 26.6 Å². The van der Waals surface area contributed by atoms with Crippen LogP contribution in [0.5, 0.6) is 0 Å². The molecule has 0 bridgehead atoms. The van der Waals surface area contributed by atoms with Gasteiger partial charge in [-0.05, 0) is 51.0 Å². The molecule has 0 aromatic carbocycles. The topological polar surface area (TPSA) is 121 Å². The van der Waals surface area contributed by atoms with Crippen molar-refractivity contribution in [2.45, 2.75) is 76.7 Å². The fourth-order valence-corrected chi connectivity index (χ4v) is 8.17. The predicted octanol–water partition coefficient (Wildman–Crippen LogP) is 1.44. The molecule has 0 aliphatic rings. The molecule has 1 aromatic rings. The van der Waals surface area contributed by atoms with Crippen LogP contribution in [0.4, 0.5) is 0 Å². The summed E-state index contributed by atoms with van der Waals surface area (Å²) < 4.78 is 36.4. The Kier molecular flexibility index (Phi) is 13.4. The van der Waals surface area contributed by atoms with Crippen molar-refractivity contribution in [3.63, 3.8) is 0 Å².